The highest BCUT2D eigenvalue weighted by molar-refractivity contribution is 7.10. The van der Waals surface area contributed by atoms with Crippen molar-refractivity contribution in [2.45, 2.75) is 26.8 Å². The quantitative estimate of drug-likeness (QED) is 0.754. The smallest absolute Gasteiger partial charge is 0.252 e. The first-order valence-electron chi connectivity index (χ1n) is 8.03. The van der Waals surface area contributed by atoms with Gasteiger partial charge in [-0.25, -0.2) is 0 Å². The summed E-state index contributed by atoms with van der Waals surface area (Å²) in [6.45, 7) is 5.31. The van der Waals surface area contributed by atoms with Crippen molar-refractivity contribution >= 4 is 28.6 Å². The van der Waals surface area contributed by atoms with Crippen LogP contribution >= 0.6 is 11.3 Å². The van der Waals surface area contributed by atoms with E-state index in [9.17, 15) is 4.79 Å². The van der Waals surface area contributed by atoms with E-state index in [1.165, 1.54) is 4.88 Å². The standard InChI is InChI=1S/C18H25N3O2S/c1-5-13-9-12(11-24-13)18(22)20-10-14-16(23-4)8-7-15(19)17(14)21(3)6-2/h7-9,11H,5-6,10,19H2,1-4H3,(H,20,22). The molecule has 24 heavy (non-hydrogen) atoms. The van der Waals surface area contributed by atoms with Crippen molar-refractivity contribution in [1.82, 2.24) is 5.32 Å². The normalized spacial score (nSPS) is 10.5. The SMILES string of the molecule is CCc1cc(C(=O)NCc2c(OC)ccc(N)c2N(C)CC)cs1. The molecular formula is C18H25N3O2S. The van der Waals surface area contributed by atoms with Crippen LogP contribution in [0.1, 0.15) is 34.6 Å². The molecule has 0 aliphatic rings. The van der Waals surface area contributed by atoms with Crippen LogP contribution in [0.5, 0.6) is 5.75 Å². The summed E-state index contributed by atoms with van der Waals surface area (Å²) in [4.78, 5) is 15.6. The van der Waals surface area contributed by atoms with Crippen molar-refractivity contribution in [2.75, 3.05) is 31.3 Å². The highest BCUT2D eigenvalue weighted by atomic mass is 32.1. The van der Waals surface area contributed by atoms with Crippen LogP contribution in [0.15, 0.2) is 23.6 Å². The average Bonchev–Trinajstić information content (AvgIpc) is 3.08. The number of nitrogen functional groups attached to an aromatic ring is 1. The van der Waals surface area contributed by atoms with E-state index in [4.69, 9.17) is 10.5 Å². The zero-order valence-electron chi connectivity index (χ0n) is 14.7. The molecule has 0 bridgehead atoms. The van der Waals surface area contributed by atoms with E-state index in [-0.39, 0.29) is 5.91 Å². The molecule has 0 saturated heterocycles. The van der Waals surface area contributed by atoms with Crippen LogP contribution in [0.3, 0.4) is 0 Å². The molecule has 1 amide bonds. The van der Waals surface area contributed by atoms with Gasteiger partial charge in [0.25, 0.3) is 5.91 Å². The molecule has 6 heteroatoms. The molecule has 0 unspecified atom stereocenters. The van der Waals surface area contributed by atoms with Crippen molar-refractivity contribution in [3.05, 3.63) is 39.6 Å². The van der Waals surface area contributed by atoms with E-state index in [1.807, 2.05) is 30.6 Å². The number of hydrogen-bond donors (Lipinski definition) is 2. The van der Waals surface area contributed by atoms with Gasteiger partial charge in [0, 0.05) is 36.0 Å². The van der Waals surface area contributed by atoms with Gasteiger partial charge in [-0.1, -0.05) is 6.92 Å². The fourth-order valence-electron chi connectivity index (χ4n) is 2.56. The van der Waals surface area contributed by atoms with Crippen LogP contribution in [-0.4, -0.2) is 26.6 Å². The van der Waals surface area contributed by atoms with Gasteiger partial charge in [0.1, 0.15) is 5.75 Å². The zero-order chi connectivity index (χ0) is 17.7. The molecule has 0 spiro atoms. The van der Waals surface area contributed by atoms with Gasteiger partial charge in [0.15, 0.2) is 0 Å². The average molecular weight is 347 g/mol. The minimum atomic E-state index is -0.0828. The number of benzene rings is 1. The number of anilines is 2. The fraction of sp³-hybridized carbons (Fsp3) is 0.389. The third-order valence-corrected chi connectivity index (χ3v) is 5.12. The maximum absolute atomic E-state index is 12.4. The summed E-state index contributed by atoms with van der Waals surface area (Å²) in [6, 6.07) is 5.61. The van der Waals surface area contributed by atoms with Crippen LogP contribution in [0.2, 0.25) is 0 Å². The molecule has 5 nitrogen and oxygen atoms in total. The Morgan fingerprint density at radius 2 is 2.12 bits per heavy atom. The Morgan fingerprint density at radius 3 is 2.71 bits per heavy atom. The molecule has 130 valence electrons. The molecule has 2 aromatic rings. The number of thiophene rings is 1. The molecule has 0 fully saturated rings. The van der Waals surface area contributed by atoms with Crippen LogP contribution in [-0.2, 0) is 13.0 Å². The number of nitrogens with zero attached hydrogens (tertiary/aromatic N) is 1. The summed E-state index contributed by atoms with van der Waals surface area (Å²) in [7, 11) is 3.60. The van der Waals surface area contributed by atoms with Crippen molar-refractivity contribution in [3.8, 4) is 5.75 Å². The number of amides is 1. The molecular weight excluding hydrogens is 322 g/mol. The largest absolute Gasteiger partial charge is 0.496 e. The van der Waals surface area contributed by atoms with Crippen molar-refractivity contribution < 1.29 is 9.53 Å². The summed E-state index contributed by atoms with van der Waals surface area (Å²) in [6.07, 6.45) is 0.937. The van der Waals surface area contributed by atoms with Crippen molar-refractivity contribution in [1.29, 1.82) is 0 Å². The number of carbonyl (C=O) groups excluding carboxylic acids is 1. The van der Waals surface area contributed by atoms with Crippen LogP contribution < -0.4 is 20.7 Å². The second-order valence-electron chi connectivity index (χ2n) is 5.54. The molecule has 1 aromatic heterocycles. The van der Waals surface area contributed by atoms with E-state index < -0.39 is 0 Å². The lowest BCUT2D eigenvalue weighted by atomic mass is 10.1. The van der Waals surface area contributed by atoms with Gasteiger partial charge >= 0.3 is 0 Å². The number of methoxy groups -OCH3 is 1. The topological polar surface area (TPSA) is 67.6 Å². The summed E-state index contributed by atoms with van der Waals surface area (Å²) in [5, 5.41) is 4.87. The van der Waals surface area contributed by atoms with E-state index >= 15 is 0 Å². The monoisotopic (exact) mass is 347 g/mol. The maximum Gasteiger partial charge on any atom is 0.252 e. The Morgan fingerprint density at radius 1 is 1.38 bits per heavy atom. The molecule has 0 aliphatic carbocycles. The summed E-state index contributed by atoms with van der Waals surface area (Å²) in [5.74, 6) is 0.639. The molecule has 0 aliphatic heterocycles. The highest BCUT2D eigenvalue weighted by Crippen LogP contribution is 2.34. The van der Waals surface area contributed by atoms with E-state index in [1.54, 1.807) is 18.4 Å². The van der Waals surface area contributed by atoms with Crippen molar-refractivity contribution in [3.63, 3.8) is 0 Å². The number of nitrogens with two attached hydrogens (primary N) is 1. The molecule has 1 aromatic carbocycles. The Kier molecular flexibility index (Phi) is 6.09. The van der Waals surface area contributed by atoms with E-state index in [2.05, 4.69) is 24.1 Å². The third kappa shape index (κ3) is 3.82. The predicted octanol–water partition coefficient (Wildman–Crippen LogP) is 3.29. The Labute approximate surface area is 147 Å². The van der Waals surface area contributed by atoms with Gasteiger partial charge in [-0.2, -0.15) is 0 Å². The van der Waals surface area contributed by atoms with Crippen LogP contribution in [0.4, 0.5) is 11.4 Å². The number of ether oxygens (including phenoxy) is 1. The first-order valence-corrected chi connectivity index (χ1v) is 8.91. The van der Waals surface area contributed by atoms with Crippen LogP contribution in [0, 0.1) is 0 Å². The van der Waals surface area contributed by atoms with Crippen LogP contribution in [0.25, 0.3) is 0 Å². The highest BCUT2D eigenvalue weighted by Gasteiger charge is 2.17. The first-order chi connectivity index (χ1) is 11.5. The zero-order valence-corrected chi connectivity index (χ0v) is 15.5. The number of hydrogen-bond acceptors (Lipinski definition) is 5. The lowest BCUT2D eigenvalue weighted by molar-refractivity contribution is 0.0951. The number of nitrogens with one attached hydrogen (secondary N) is 1. The van der Waals surface area contributed by atoms with Gasteiger partial charge in [0.2, 0.25) is 0 Å². The lowest BCUT2D eigenvalue weighted by Gasteiger charge is -2.24. The second kappa shape index (κ2) is 8.06. The fourth-order valence-corrected chi connectivity index (χ4v) is 3.38. The Bertz CT molecular complexity index is 712. The molecule has 0 radical (unpaired) electrons. The van der Waals surface area contributed by atoms with E-state index in [0.29, 0.717) is 17.8 Å². The lowest BCUT2D eigenvalue weighted by Crippen LogP contribution is -2.26. The number of carbonyl (C=O) groups is 1. The first kappa shape index (κ1) is 18.1. The molecule has 2 rings (SSSR count). The van der Waals surface area contributed by atoms with Gasteiger partial charge in [-0.3, -0.25) is 4.79 Å². The minimum absolute atomic E-state index is 0.0828. The van der Waals surface area contributed by atoms with Crippen molar-refractivity contribution in [2.24, 2.45) is 0 Å². The summed E-state index contributed by atoms with van der Waals surface area (Å²) >= 11 is 1.61. The van der Waals surface area contributed by atoms with Gasteiger partial charge in [-0.05, 0) is 31.5 Å². The van der Waals surface area contributed by atoms with E-state index in [0.717, 1.165) is 30.0 Å². The molecule has 0 saturated carbocycles. The minimum Gasteiger partial charge on any atom is -0.496 e. The number of rotatable bonds is 7. The van der Waals surface area contributed by atoms with Gasteiger partial charge in [0.05, 0.1) is 24.0 Å². The Balaban J connectivity index is 2.24. The molecule has 1 heterocycles. The molecule has 3 N–H and O–H groups in total. The summed E-state index contributed by atoms with van der Waals surface area (Å²) in [5.41, 5.74) is 9.32. The molecule has 0 atom stereocenters. The predicted molar refractivity (Wildman–Crippen MR) is 101 cm³/mol. The third-order valence-electron chi connectivity index (χ3n) is 4.04. The maximum atomic E-state index is 12.4. The van der Waals surface area contributed by atoms with Gasteiger partial charge in [-0.15, -0.1) is 11.3 Å². The number of aryl methyl sites for hydroxylation is 1. The second-order valence-corrected chi connectivity index (χ2v) is 6.53. The van der Waals surface area contributed by atoms with Gasteiger partial charge < -0.3 is 20.7 Å². The Hall–Kier alpha value is -2.21. The summed E-state index contributed by atoms with van der Waals surface area (Å²) < 4.78 is 5.46.